The molecule has 0 saturated heterocycles. The van der Waals surface area contributed by atoms with Crippen LogP contribution in [0.1, 0.15) is 43.1 Å². The summed E-state index contributed by atoms with van der Waals surface area (Å²) in [6.45, 7) is 1.97. The summed E-state index contributed by atoms with van der Waals surface area (Å²) in [6.07, 6.45) is 0.425. The van der Waals surface area contributed by atoms with Gasteiger partial charge in [0, 0.05) is 21.0 Å². The molecule has 0 aliphatic rings. The Morgan fingerprint density at radius 1 is 1.34 bits per heavy atom. The molecule has 0 saturated carbocycles. The molecule has 0 amide bonds. The first-order chi connectivity index (χ1) is 13.6. The minimum Gasteiger partial charge on any atom is -0.390 e. The molecule has 0 unspecified atom stereocenters. The van der Waals surface area contributed by atoms with Gasteiger partial charge in [-0.3, -0.25) is 9.78 Å². The van der Waals surface area contributed by atoms with Crippen molar-refractivity contribution in [3.05, 3.63) is 51.2 Å². The lowest BCUT2D eigenvalue weighted by atomic mass is 10.0. The van der Waals surface area contributed by atoms with Crippen molar-refractivity contribution in [3.8, 4) is 0 Å². The van der Waals surface area contributed by atoms with Gasteiger partial charge in [0.25, 0.3) is 11.5 Å². The van der Waals surface area contributed by atoms with Crippen LogP contribution in [0.3, 0.4) is 0 Å². The third kappa shape index (κ3) is 3.71. The number of alkyl halides is 2. The van der Waals surface area contributed by atoms with Crippen molar-refractivity contribution in [1.82, 2.24) is 19.7 Å². The highest BCUT2D eigenvalue weighted by atomic mass is 19.3. The van der Waals surface area contributed by atoms with Gasteiger partial charge in [0.05, 0.1) is 18.2 Å². The number of fused-ring (bicyclic) bond motifs is 1. The quantitative estimate of drug-likeness (QED) is 0.654. The molecule has 3 rings (SSSR count). The second-order valence-electron chi connectivity index (χ2n) is 7.08. The number of rotatable bonds is 6. The summed E-state index contributed by atoms with van der Waals surface area (Å²) in [6, 6.07) is 2.94. The van der Waals surface area contributed by atoms with Crippen LogP contribution in [0.4, 0.5) is 19.1 Å². The Balaban J connectivity index is 2.22. The van der Waals surface area contributed by atoms with Crippen molar-refractivity contribution in [2.75, 3.05) is 19.0 Å². The summed E-state index contributed by atoms with van der Waals surface area (Å²) >= 11 is 0. The molecule has 29 heavy (non-hydrogen) atoms. The molecular weight excluding hydrogens is 387 g/mol. The van der Waals surface area contributed by atoms with Gasteiger partial charge in [-0.2, -0.15) is 10.1 Å². The van der Waals surface area contributed by atoms with E-state index in [2.05, 4.69) is 15.1 Å². The van der Waals surface area contributed by atoms with Gasteiger partial charge in [-0.25, -0.2) is 17.9 Å². The first-order valence-corrected chi connectivity index (χ1v) is 9.05. The predicted molar refractivity (Wildman–Crippen MR) is 103 cm³/mol. The van der Waals surface area contributed by atoms with Crippen LogP contribution in [-0.2, 0) is 12.5 Å². The van der Waals surface area contributed by atoms with Gasteiger partial charge in [-0.1, -0.05) is 13.0 Å². The summed E-state index contributed by atoms with van der Waals surface area (Å²) in [5, 5.41) is 14.1. The zero-order chi connectivity index (χ0) is 21.5. The Hall–Kier alpha value is -2.88. The van der Waals surface area contributed by atoms with E-state index in [4.69, 9.17) is 0 Å². The van der Waals surface area contributed by atoms with Gasteiger partial charge in [0.1, 0.15) is 16.9 Å². The second kappa shape index (κ2) is 7.51. The van der Waals surface area contributed by atoms with Gasteiger partial charge >= 0.3 is 0 Å². The van der Waals surface area contributed by atoms with Crippen LogP contribution >= 0.6 is 0 Å². The summed E-state index contributed by atoms with van der Waals surface area (Å²) < 4.78 is 42.9. The first kappa shape index (κ1) is 20.8. The average Bonchev–Trinajstić information content (AvgIpc) is 3.00. The molecule has 0 bridgehead atoms. The Morgan fingerprint density at radius 3 is 2.55 bits per heavy atom. The van der Waals surface area contributed by atoms with Gasteiger partial charge in [-0.15, -0.1) is 0 Å². The van der Waals surface area contributed by atoms with Gasteiger partial charge < -0.3 is 10.0 Å². The van der Waals surface area contributed by atoms with Gasteiger partial charge in [0.15, 0.2) is 5.65 Å². The van der Waals surface area contributed by atoms with Gasteiger partial charge in [-0.05, 0) is 24.1 Å². The van der Waals surface area contributed by atoms with Crippen molar-refractivity contribution < 1.29 is 18.3 Å². The lowest BCUT2D eigenvalue weighted by Gasteiger charge is -2.19. The van der Waals surface area contributed by atoms with Crippen LogP contribution in [-0.4, -0.2) is 39.0 Å². The minimum atomic E-state index is -3.30. The van der Waals surface area contributed by atoms with Crippen molar-refractivity contribution >= 4 is 17.0 Å². The number of anilines is 1. The molecule has 2 aromatic heterocycles. The zero-order valence-electron chi connectivity index (χ0n) is 16.5. The number of aliphatic hydroxyl groups is 1. The van der Waals surface area contributed by atoms with E-state index in [-0.39, 0.29) is 22.7 Å². The fraction of sp³-hybridized carbons (Fsp3) is 0.421. The fourth-order valence-corrected chi connectivity index (χ4v) is 3.29. The SMILES string of the molecule is CC[C@H](c1ccc(C(C)(F)F)c(F)c1)n1nc(CO)c2c(=O)[nH]c(N(C)C)nc21. The molecule has 0 aliphatic heterocycles. The molecule has 1 atom stereocenters. The number of nitrogens with zero attached hydrogens (tertiary/aromatic N) is 4. The molecule has 0 radical (unpaired) electrons. The lowest BCUT2D eigenvalue weighted by Crippen LogP contribution is -2.20. The number of halogens is 3. The summed E-state index contributed by atoms with van der Waals surface area (Å²) in [5.74, 6) is -4.04. The van der Waals surface area contributed by atoms with E-state index in [1.54, 1.807) is 19.0 Å². The molecule has 2 N–H and O–H groups in total. The topological polar surface area (TPSA) is 87.0 Å². The number of benzene rings is 1. The van der Waals surface area contributed by atoms with E-state index >= 15 is 0 Å². The number of aromatic amines is 1. The number of H-pyrrole nitrogens is 1. The summed E-state index contributed by atoms with van der Waals surface area (Å²) in [5.41, 5.74) is -0.397. The molecular formula is C19H22F3N5O2. The highest BCUT2D eigenvalue weighted by Gasteiger charge is 2.29. The van der Waals surface area contributed by atoms with E-state index in [1.165, 1.54) is 10.7 Å². The minimum absolute atomic E-state index is 0.133. The highest BCUT2D eigenvalue weighted by molar-refractivity contribution is 5.78. The van der Waals surface area contributed by atoms with Crippen molar-refractivity contribution in [2.45, 2.75) is 38.8 Å². The van der Waals surface area contributed by atoms with Crippen LogP contribution in [0.2, 0.25) is 0 Å². The maximum Gasteiger partial charge on any atom is 0.273 e. The van der Waals surface area contributed by atoms with Crippen molar-refractivity contribution in [1.29, 1.82) is 0 Å². The molecule has 0 fully saturated rings. The van der Waals surface area contributed by atoms with Crippen LogP contribution in [0.15, 0.2) is 23.0 Å². The molecule has 1 aromatic carbocycles. The standard InChI is InChI=1S/C19H22F3N5O2/c1-5-14(10-6-7-11(12(20)8-10)19(2,21)22)27-16-15(13(9-28)25-27)17(29)24-18(23-16)26(3)4/h6-8,14,28H,5,9H2,1-4H3,(H,23,24,29)/t14-/m1/s1. The third-order valence-electron chi connectivity index (χ3n) is 4.73. The van der Waals surface area contributed by atoms with E-state index in [0.717, 1.165) is 12.1 Å². The number of aromatic nitrogens is 4. The van der Waals surface area contributed by atoms with E-state index in [0.29, 0.717) is 18.9 Å². The van der Waals surface area contributed by atoms with Crippen molar-refractivity contribution in [2.24, 2.45) is 0 Å². The van der Waals surface area contributed by atoms with E-state index in [9.17, 15) is 23.1 Å². The Bertz CT molecular complexity index is 1100. The molecule has 0 aliphatic carbocycles. The van der Waals surface area contributed by atoms with Crippen LogP contribution < -0.4 is 10.5 Å². The monoisotopic (exact) mass is 409 g/mol. The maximum atomic E-state index is 14.4. The molecule has 2 heterocycles. The lowest BCUT2D eigenvalue weighted by molar-refractivity contribution is 0.0137. The highest BCUT2D eigenvalue weighted by Crippen LogP contribution is 2.33. The average molecular weight is 409 g/mol. The second-order valence-corrected chi connectivity index (χ2v) is 7.08. The summed E-state index contributed by atoms with van der Waals surface area (Å²) in [4.78, 5) is 21.2. The smallest absolute Gasteiger partial charge is 0.273 e. The normalized spacial score (nSPS) is 13.1. The van der Waals surface area contributed by atoms with Crippen LogP contribution in [0.5, 0.6) is 0 Å². The zero-order valence-corrected chi connectivity index (χ0v) is 16.5. The molecule has 156 valence electrons. The Kier molecular flexibility index (Phi) is 5.40. The fourth-order valence-electron chi connectivity index (χ4n) is 3.29. The largest absolute Gasteiger partial charge is 0.390 e. The van der Waals surface area contributed by atoms with E-state index < -0.39 is 35.5 Å². The van der Waals surface area contributed by atoms with Crippen LogP contribution in [0.25, 0.3) is 11.0 Å². The predicted octanol–water partition coefficient (Wildman–Crippen LogP) is 2.93. The number of hydrogen-bond donors (Lipinski definition) is 2. The summed E-state index contributed by atoms with van der Waals surface area (Å²) in [7, 11) is 3.40. The number of hydrogen-bond acceptors (Lipinski definition) is 5. The number of nitrogens with one attached hydrogen (secondary N) is 1. The maximum absolute atomic E-state index is 14.4. The van der Waals surface area contributed by atoms with Crippen molar-refractivity contribution in [3.63, 3.8) is 0 Å². The molecule has 3 aromatic rings. The molecule has 0 spiro atoms. The Labute approximate surface area is 164 Å². The molecule has 7 nitrogen and oxygen atoms in total. The Morgan fingerprint density at radius 2 is 2.03 bits per heavy atom. The third-order valence-corrected chi connectivity index (χ3v) is 4.73. The molecule has 10 heteroatoms. The van der Waals surface area contributed by atoms with Crippen LogP contribution in [0, 0.1) is 5.82 Å². The first-order valence-electron chi connectivity index (χ1n) is 9.05. The van der Waals surface area contributed by atoms with E-state index in [1.807, 2.05) is 6.92 Å². The van der Waals surface area contributed by atoms with Gasteiger partial charge in [0.2, 0.25) is 5.95 Å². The number of aliphatic hydroxyl groups excluding tert-OH is 1.